The molecular weight excluding hydrogens is 273 g/mol. The SMILES string of the molecule is Nc1nc(-c2cc(Cl)ccc2F)nc2sccc12. The fourth-order valence-electron chi connectivity index (χ4n) is 1.67. The lowest BCUT2D eigenvalue weighted by Crippen LogP contribution is -1.97. The maximum absolute atomic E-state index is 13.7. The van der Waals surface area contributed by atoms with Crippen LogP contribution in [0, 0.1) is 5.82 Å². The molecule has 0 unspecified atom stereocenters. The third-order valence-corrected chi connectivity index (χ3v) is 3.57. The number of hydrogen-bond acceptors (Lipinski definition) is 4. The molecule has 2 aromatic heterocycles. The summed E-state index contributed by atoms with van der Waals surface area (Å²) < 4.78 is 13.7. The molecular formula is C12H7ClFN3S. The Labute approximate surface area is 111 Å². The second-order valence-corrected chi connectivity index (χ2v) is 5.03. The van der Waals surface area contributed by atoms with Gasteiger partial charge >= 0.3 is 0 Å². The highest BCUT2D eigenvalue weighted by molar-refractivity contribution is 7.16. The summed E-state index contributed by atoms with van der Waals surface area (Å²) >= 11 is 7.29. The minimum absolute atomic E-state index is 0.252. The Morgan fingerprint density at radius 1 is 1.22 bits per heavy atom. The Balaban J connectivity index is 2.27. The van der Waals surface area contributed by atoms with E-state index >= 15 is 0 Å². The van der Waals surface area contributed by atoms with Crippen molar-refractivity contribution < 1.29 is 4.39 Å². The van der Waals surface area contributed by atoms with Crippen molar-refractivity contribution in [1.29, 1.82) is 0 Å². The summed E-state index contributed by atoms with van der Waals surface area (Å²) in [5, 5.41) is 3.08. The molecule has 6 heteroatoms. The van der Waals surface area contributed by atoms with Crippen molar-refractivity contribution in [3.05, 3.63) is 40.5 Å². The summed E-state index contributed by atoms with van der Waals surface area (Å²) in [6.45, 7) is 0. The van der Waals surface area contributed by atoms with Crippen LogP contribution in [0.15, 0.2) is 29.6 Å². The van der Waals surface area contributed by atoms with Crippen molar-refractivity contribution in [2.24, 2.45) is 0 Å². The number of thiophene rings is 1. The maximum Gasteiger partial charge on any atom is 0.166 e. The van der Waals surface area contributed by atoms with E-state index in [0.717, 1.165) is 10.2 Å². The lowest BCUT2D eigenvalue weighted by molar-refractivity contribution is 0.630. The molecule has 2 heterocycles. The van der Waals surface area contributed by atoms with E-state index in [4.69, 9.17) is 17.3 Å². The third-order valence-electron chi connectivity index (χ3n) is 2.52. The highest BCUT2D eigenvalue weighted by Crippen LogP contribution is 2.29. The van der Waals surface area contributed by atoms with E-state index in [9.17, 15) is 4.39 Å². The van der Waals surface area contributed by atoms with Gasteiger partial charge in [-0.1, -0.05) is 11.6 Å². The van der Waals surface area contributed by atoms with Crippen LogP contribution in [0.1, 0.15) is 0 Å². The quantitative estimate of drug-likeness (QED) is 0.738. The number of benzene rings is 1. The van der Waals surface area contributed by atoms with E-state index in [1.165, 1.54) is 29.5 Å². The van der Waals surface area contributed by atoms with Crippen molar-refractivity contribution in [3.63, 3.8) is 0 Å². The summed E-state index contributed by atoms with van der Waals surface area (Å²) in [5.41, 5.74) is 6.08. The zero-order valence-corrected chi connectivity index (χ0v) is 10.6. The molecule has 0 aliphatic heterocycles. The molecule has 0 spiro atoms. The number of fused-ring (bicyclic) bond motifs is 1. The minimum atomic E-state index is -0.422. The van der Waals surface area contributed by atoms with Gasteiger partial charge in [0.15, 0.2) is 5.82 Å². The van der Waals surface area contributed by atoms with Gasteiger partial charge < -0.3 is 5.73 Å². The monoisotopic (exact) mass is 279 g/mol. The van der Waals surface area contributed by atoms with Gasteiger partial charge in [0.1, 0.15) is 16.5 Å². The molecule has 0 aliphatic carbocycles. The highest BCUT2D eigenvalue weighted by Gasteiger charge is 2.12. The standard InChI is InChI=1S/C12H7ClFN3S/c13-6-1-2-9(14)8(5-6)11-16-10(15)7-3-4-18-12(7)17-11/h1-5H,(H2,15,16,17). The van der Waals surface area contributed by atoms with Crippen LogP contribution in [0.25, 0.3) is 21.6 Å². The summed E-state index contributed by atoms with van der Waals surface area (Å²) in [6.07, 6.45) is 0. The van der Waals surface area contributed by atoms with E-state index in [-0.39, 0.29) is 11.4 Å². The van der Waals surface area contributed by atoms with Gasteiger partial charge in [-0.05, 0) is 29.6 Å². The van der Waals surface area contributed by atoms with E-state index in [1.54, 1.807) is 0 Å². The van der Waals surface area contributed by atoms with E-state index in [0.29, 0.717) is 10.8 Å². The van der Waals surface area contributed by atoms with E-state index in [1.807, 2.05) is 11.4 Å². The van der Waals surface area contributed by atoms with Gasteiger partial charge in [0.05, 0.1) is 10.9 Å². The molecule has 0 amide bonds. The first-order chi connectivity index (χ1) is 8.65. The van der Waals surface area contributed by atoms with Crippen LogP contribution in [0.4, 0.5) is 10.2 Å². The van der Waals surface area contributed by atoms with Gasteiger partial charge in [-0.15, -0.1) is 11.3 Å². The summed E-state index contributed by atoms with van der Waals surface area (Å²) in [7, 11) is 0. The second-order valence-electron chi connectivity index (χ2n) is 3.70. The molecule has 0 saturated heterocycles. The van der Waals surface area contributed by atoms with Crippen molar-refractivity contribution in [3.8, 4) is 11.4 Å². The molecule has 3 nitrogen and oxygen atoms in total. The number of halogens is 2. The number of nitrogens with two attached hydrogens (primary N) is 1. The molecule has 0 radical (unpaired) electrons. The predicted octanol–water partition coefficient (Wildman–Crippen LogP) is 3.73. The molecule has 90 valence electrons. The average Bonchev–Trinajstić information content (AvgIpc) is 2.81. The smallest absolute Gasteiger partial charge is 0.166 e. The first-order valence-electron chi connectivity index (χ1n) is 5.11. The topological polar surface area (TPSA) is 51.8 Å². The molecule has 3 rings (SSSR count). The lowest BCUT2D eigenvalue weighted by Gasteiger charge is -2.04. The molecule has 18 heavy (non-hydrogen) atoms. The molecule has 0 saturated carbocycles. The van der Waals surface area contributed by atoms with Crippen molar-refractivity contribution >= 4 is 39.0 Å². The molecule has 2 N–H and O–H groups in total. The first-order valence-corrected chi connectivity index (χ1v) is 6.37. The van der Waals surface area contributed by atoms with Crippen molar-refractivity contribution in [2.75, 3.05) is 5.73 Å². The Morgan fingerprint density at radius 3 is 2.89 bits per heavy atom. The normalized spacial score (nSPS) is 11.0. The van der Waals surface area contributed by atoms with Crippen LogP contribution in [-0.2, 0) is 0 Å². The van der Waals surface area contributed by atoms with Gasteiger partial charge in [0, 0.05) is 5.02 Å². The average molecular weight is 280 g/mol. The number of nitrogens with zero attached hydrogens (tertiary/aromatic N) is 2. The maximum atomic E-state index is 13.7. The van der Waals surface area contributed by atoms with Gasteiger partial charge in [-0.2, -0.15) is 0 Å². The molecule has 0 fully saturated rings. The highest BCUT2D eigenvalue weighted by atomic mass is 35.5. The molecule has 0 bridgehead atoms. The zero-order chi connectivity index (χ0) is 12.7. The van der Waals surface area contributed by atoms with E-state index in [2.05, 4.69) is 9.97 Å². The molecule has 1 aromatic carbocycles. The minimum Gasteiger partial charge on any atom is -0.383 e. The Hall–Kier alpha value is -1.72. The molecule has 0 aliphatic rings. The summed E-state index contributed by atoms with van der Waals surface area (Å²) in [5.74, 6) is 0.174. The van der Waals surface area contributed by atoms with Crippen LogP contribution in [0.2, 0.25) is 5.02 Å². The van der Waals surface area contributed by atoms with Gasteiger partial charge in [-0.3, -0.25) is 0 Å². The molecule has 3 aromatic rings. The Bertz CT molecular complexity index is 741. The predicted molar refractivity (Wildman–Crippen MR) is 72.2 cm³/mol. The Kier molecular flexibility index (Phi) is 2.65. The number of nitrogen functional groups attached to an aromatic ring is 1. The second kappa shape index (κ2) is 4.19. The fourth-order valence-corrected chi connectivity index (χ4v) is 2.61. The van der Waals surface area contributed by atoms with Gasteiger partial charge in [-0.25, -0.2) is 14.4 Å². The van der Waals surface area contributed by atoms with Gasteiger partial charge in [0.25, 0.3) is 0 Å². The fraction of sp³-hybridized carbons (Fsp3) is 0. The van der Waals surface area contributed by atoms with Crippen molar-refractivity contribution in [1.82, 2.24) is 9.97 Å². The van der Waals surface area contributed by atoms with Crippen molar-refractivity contribution in [2.45, 2.75) is 0 Å². The van der Waals surface area contributed by atoms with Crippen LogP contribution in [-0.4, -0.2) is 9.97 Å². The largest absolute Gasteiger partial charge is 0.383 e. The van der Waals surface area contributed by atoms with Gasteiger partial charge in [0.2, 0.25) is 0 Å². The summed E-state index contributed by atoms with van der Waals surface area (Å²) in [4.78, 5) is 9.15. The Morgan fingerprint density at radius 2 is 2.06 bits per heavy atom. The number of anilines is 1. The van der Waals surface area contributed by atoms with Crippen LogP contribution in [0.5, 0.6) is 0 Å². The van der Waals surface area contributed by atoms with Crippen LogP contribution >= 0.6 is 22.9 Å². The molecule has 0 atom stereocenters. The third kappa shape index (κ3) is 1.81. The van der Waals surface area contributed by atoms with Crippen LogP contribution in [0.3, 0.4) is 0 Å². The summed E-state index contributed by atoms with van der Waals surface area (Å²) in [6, 6.07) is 6.10. The van der Waals surface area contributed by atoms with E-state index < -0.39 is 5.82 Å². The van der Waals surface area contributed by atoms with Crippen LogP contribution < -0.4 is 5.73 Å². The number of aromatic nitrogens is 2. The lowest BCUT2D eigenvalue weighted by atomic mass is 10.2. The number of rotatable bonds is 1. The first kappa shape index (κ1) is 11.4. The zero-order valence-electron chi connectivity index (χ0n) is 9.02. The number of hydrogen-bond donors (Lipinski definition) is 1.